The van der Waals surface area contributed by atoms with Crippen molar-refractivity contribution in [3.63, 3.8) is 0 Å². The Hall–Kier alpha value is -0.563. The molecule has 1 heteroatoms. The Kier molecular flexibility index (Phi) is 3.05. The molecule has 100 valence electrons. The molecule has 0 saturated carbocycles. The minimum atomic E-state index is -1.20. The van der Waals surface area contributed by atoms with Gasteiger partial charge in [-0.1, -0.05) is 70.7 Å². The fourth-order valence-electron chi connectivity index (χ4n) is 3.06. The molecule has 0 unspecified atom stereocenters. The maximum absolute atomic E-state index is 2.53. The van der Waals surface area contributed by atoms with Gasteiger partial charge in [0.15, 0.2) is 0 Å². The van der Waals surface area contributed by atoms with Crippen LogP contribution in [-0.2, 0) is 10.8 Å². The summed E-state index contributed by atoms with van der Waals surface area (Å²) < 4.78 is 0. The van der Waals surface area contributed by atoms with Gasteiger partial charge in [0.05, 0.1) is 8.07 Å². The van der Waals surface area contributed by atoms with Gasteiger partial charge in [-0.25, -0.2) is 0 Å². The predicted octanol–water partition coefficient (Wildman–Crippen LogP) is 4.58. The van der Waals surface area contributed by atoms with Crippen LogP contribution in [0.1, 0.15) is 51.7 Å². The van der Waals surface area contributed by atoms with Crippen molar-refractivity contribution in [1.82, 2.24) is 0 Å². The summed E-state index contributed by atoms with van der Waals surface area (Å²) >= 11 is 0. The van der Waals surface area contributed by atoms with E-state index in [0.29, 0.717) is 10.8 Å². The molecule has 1 aliphatic rings. The van der Waals surface area contributed by atoms with E-state index in [1.807, 2.05) is 0 Å². The molecule has 0 heterocycles. The van der Waals surface area contributed by atoms with Crippen LogP contribution in [0.15, 0.2) is 18.2 Å². The summed E-state index contributed by atoms with van der Waals surface area (Å²) in [6, 6.07) is 7.35. The lowest BCUT2D eigenvalue weighted by Gasteiger charge is -2.42. The van der Waals surface area contributed by atoms with Crippen LogP contribution < -0.4 is 5.19 Å². The Labute approximate surface area is 114 Å². The maximum Gasteiger partial charge on any atom is 0.0776 e. The Morgan fingerprint density at radius 3 is 1.83 bits per heavy atom. The first-order valence-electron chi connectivity index (χ1n) is 7.20. The van der Waals surface area contributed by atoms with Gasteiger partial charge in [-0.3, -0.25) is 0 Å². The number of fused-ring (bicyclic) bond motifs is 1. The van der Waals surface area contributed by atoms with Crippen molar-refractivity contribution in [3.05, 3.63) is 29.3 Å². The van der Waals surface area contributed by atoms with Gasteiger partial charge in [-0.2, -0.15) is 0 Å². The number of rotatable bonds is 1. The van der Waals surface area contributed by atoms with Gasteiger partial charge < -0.3 is 0 Å². The van der Waals surface area contributed by atoms with Gasteiger partial charge in [0, 0.05) is 0 Å². The van der Waals surface area contributed by atoms with Gasteiger partial charge in [-0.15, -0.1) is 0 Å². The van der Waals surface area contributed by atoms with E-state index >= 15 is 0 Å². The van der Waals surface area contributed by atoms with Crippen molar-refractivity contribution in [2.75, 3.05) is 0 Å². The molecule has 0 amide bonds. The maximum atomic E-state index is 2.53. The van der Waals surface area contributed by atoms with Crippen molar-refractivity contribution >= 4 is 13.3 Å². The number of hydrogen-bond donors (Lipinski definition) is 0. The zero-order valence-corrected chi connectivity index (χ0v) is 14.1. The Bertz CT molecular complexity index is 461. The molecule has 0 bridgehead atoms. The van der Waals surface area contributed by atoms with Gasteiger partial charge in [0.25, 0.3) is 0 Å². The highest BCUT2D eigenvalue weighted by molar-refractivity contribution is 6.88. The van der Waals surface area contributed by atoms with Crippen molar-refractivity contribution in [3.8, 4) is 0 Å². The van der Waals surface area contributed by atoms with E-state index in [1.54, 1.807) is 16.3 Å². The van der Waals surface area contributed by atoms with E-state index in [4.69, 9.17) is 0 Å². The Morgan fingerprint density at radius 1 is 0.833 bits per heavy atom. The van der Waals surface area contributed by atoms with Crippen LogP contribution in [0.2, 0.25) is 19.6 Å². The monoisotopic (exact) mass is 260 g/mol. The van der Waals surface area contributed by atoms with Crippen LogP contribution in [0.25, 0.3) is 0 Å². The smallest absolute Gasteiger partial charge is 0.0656 e. The van der Waals surface area contributed by atoms with Crippen LogP contribution in [-0.4, -0.2) is 8.07 Å². The van der Waals surface area contributed by atoms with E-state index in [0.717, 1.165) is 0 Å². The molecule has 0 saturated heterocycles. The molecule has 1 aromatic carbocycles. The molecule has 0 aliphatic heterocycles. The lowest BCUT2D eigenvalue weighted by Crippen LogP contribution is -2.41. The van der Waals surface area contributed by atoms with Gasteiger partial charge in [-0.05, 0) is 34.8 Å². The van der Waals surface area contributed by atoms with E-state index in [-0.39, 0.29) is 0 Å². The third-order valence-corrected chi connectivity index (χ3v) is 6.76. The number of hydrogen-bond acceptors (Lipinski definition) is 0. The van der Waals surface area contributed by atoms with Crippen LogP contribution in [0, 0.1) is 0 Å². The summed E-state index contributed by atoms with van der Waals surface area (Å²) in [5, 5.41) is 1.60. The lowest BCUT2D eigenvalue weighted by molar-refractivity contribution is 0.332. The molecule has 0 spiro atoms. The van der Waals surface area contributed by atoms with Gasteiger partial charge in [0.2, 0.25) is 0 Å². The van der Waals surface area contributed by atoms with E-state index in [1.165, 1.54) is 12.8 Å². The van der Waals surface area contributed by atoms with Gasteiger partial charge >= 0.3 is 0 Å². The van der Waals surface area contributed by atoms with Crippen LogP contribution in [0.4, 0.5) is 0 Å². The highest BCUT2D eigenvalue weighted by atomic mass is 28.3. The molecule has 2 rings (SSSR count). The molecule has 1 aromatic rings. The van der Waals surface area contributed by atoms with Crippen molar-refractivity contribution in [2.24, 2.45) is 0 Å². The summed E-state index contributed by atoms with van der Waals surface area (Å²) in [5.74, 6) is 0. The second-order valence-electron chi connectivity index (χ2n) is 8.28. The minimum Gasteiger partial charge on any atom is -0.0656 e. The SMILES string of the molecule is CC1(C)CCC(C)(C)c2cc([Si](C)(C)C)ccc21. The van der Waals surface area contributed by atoms with Crippen molar-refractivity contribution in [1.29, 1.82) is 0 Å². The summed E-state index contributed by atoms with van der Waals surface area (Å²) in [5.41, 5.74) is 3.89. The van der Waals surface area contributed by atoms with Crippen LogP contribution in [0.5, 0.6) is 0 Å². The molecule has 0 atom stereocenters. The van der Waals surface area contributed by atoms with E-state index in [2.05, 4.69) is 65.5 Å². The average Bonchev–Trinajstić information content (AvgIpc) is 2.23. The first kappa shape index (κ1) is 13.9. The molecular weight excluding hydrogens is 232 g/mol. The first-order chi connectivity index (χ1) is 8.04. The van der Waals surface area contributed by atoms with Gasteiger partial charge in [0.1, 0.15) is 0 Å². The van der Waals surface area contributed by atoms with Crippen LogP contribution in [0.3, 0.4) is 0 Å². The second-order valence-corrected chi connectivity index (χ2v) is 13.4. The highest BCUT2D eigenvalue weighted by Crippen LogP contribution is 2.45. The fraction of sp³-hybridized carbons (Fsp3) is 0.647. The predicted molar refractivity (Wildman–Crippen MR) is 84.7 cm³/mol. The summed E-state index contributed by atoms with van der Waals surface area (Å²) in [7, 11) is -1.20. The molecular formula is C17H28Si. The summed E-state index contributed by atoms with van der Waals surface area (Å²) in [6.07, 6.45) is 2.61. The molecule has 1 aliphatic carbocycles. The molecule has 0 N–H and O–H groups in total. The third-order valence-electron chi connectivity index (χ3n) is 4.72. The van der Waals surface area contributed by atoms with Crippen molar-refractivity contribution < 1.29 is 0 Å². The lowest BCUT2D eigenvalue weighted by atomic mass is 9.63. The third kappa shape index (κ3) is 2.30. The first-order valence-corrected chi connectivity index (χ1v) is 10.7. The van der Waals surface area contributed by atoms with Crippen molar-refractivity contribution in [2.45, 2.75) is 71.0 Å². The molecule has 0 radical (unpaired) electrons. The zero-order chi connectivity index (χ0) is 13.8. The minimum absolute atomic E-state index is 0.348. The van der Waals surface area contributed by atoms with Crippen LogP contribution >= 0.6 is 0 Å². The quantitative estimate of drug-likeness (QED) is 0.648. The molecule has 0 nitrogen and oxygen atoms in total. The Morgan fingerprint density at radius 2 is 1.33 bits per heavy atom. The number of benzene rings is 1. The molecule has 18 heavy (non-hydrogen) atoms. The average molecular weight is 260 g/mol. The normalized spacial score (nSPS) is 21.5. The standard InChI is InChI=1S/C17H28Si/c1-16(2)10-11-17(3,4)15-12-13(18(5,6)7)8-9-14(15)16/h8-9,12H,10-11H2,1-7H3. The fourth-order valence-corrected chi connectivity index (χ4v) is 4.22. The zero-order valence-electron chi connectivity index (χ0n) is 13.1. The molecule has 0 aromatic heterocycles. The van der Waals surface area contributed by atoms with E-state index in [9.17, 15) is 0 Å². The summed E-state index contributed by atoms with van der Waals surface area (Å²) in [4.78, 5) is 0. The largest absolute Gasteiger partial charge is 0.0776 e. The molecule has 0 fully saturated rings. The second kappa shape index (κ2) is 3.96. The highest BCUT2D eigenvalue weighted by Gasteiger charge is 2.37. The topological polar surface area (TPSA) is 0 Å². The summed E-state index contributed by atoms with van der Waals surface area (Å²) in [6.45, 7) is 16.9. The Balaban J connectivity index is 2.63. The van der Waals surface area contributed by atoms with E-state index < -0.39 is 8.07 Å².